The summed E-state index contributed by atoms with van der Waals surface area (Å²) in [6.45, 7) is 7.33. The minimum Gasteiger partial charge on any atom is -0.325 e. The van der Waals surface area contributed by atoms with Gasteiger partial charge < -0.3 is 5.32 Å². The summed E-state index contributed by atoms with van der Waals surface area (Å²) in [5, 5.41) is 2.72. The summed E-state index contributed by atoms with van der Waals surface area (Å²) in [4.78, 5) is 14.5. The third-order valence-corrected chi connectivity index (χ3v) is 7.18. The minimum atomic E-state index is -3.55. The Bertz CT molecular complexity index is 1020. The third kappa shape index (κ3) is 5.01. The first-order chi connectivity index (χ1) is 13.7. The summed E-state index contributed by atoms with van der Waals surface area (Å²) in [6, 6.07) is 9.41. The van der Waals surface area contributed by atoms with Crippen LogP contribution in [0.2, 0.25) is 0 Å². The topological polar surface area (TPSA) is 69.7 Å². The molecule has 29 heavy (non-hydrogen) atoms. The highest BCUT2D eigenvalue weighted by molar-refractivity contribution is 7.89. The predicted octanol–water partition coefficient (Wildman–Crippen LogP) is 2.70. The van der Waals surface area contributed by atoms with Crippen LogP contribution >= 0.6 is 0 Å². The molecule has 156 valence electrons. The van der Waals surface area contributed by atoms with Crippen LogP contribution in [0.4, 0.5) is 10.1 Å². The van der Waals surface area contributed by atoms with Crippen molar-refractivity contribution in [3.8, 4) is 0 Å². The number of benzene rings is 2. The molecular formula is C21H26FN3O3S. The maximum Gasteiger partial charge on any atom is 0.243 e. The number of anilines is 1. The van der Waals surface area contributed by atoms with Gasteiger partial charge in [-0.3, -0.25) is 9.69 Å². The number of halogens is 1. The Hall–Kier alpha value is -2.29. The summed E-state index contributed by atoms with van der Waals surface area (Å²) >= 11 is 0. The van der Waals surface area contributed by atoms with Gasteiger partial charge in [0.2, 0.25) is 15.9 Å². The lowest BCUT2D eigenvalue weighted by atomic mass is 10.1. The SMILES string of the molecule is Cc1ccc(S(=O)(=O)N2CCN(CC(=O)Nc3cc(F)ccc3C)CC2)cc1C. The van der Waals surface area contributed by atoms with Crippen LogP contribution in [0.1, 0.15) is 16.7 Å². The molecule has 0 aromatic heterocycles. The molecule has 8 heteroatoms. The number of nitrogens with one attached hydrogen (secondary N) is 1. The van der Waals surface area contributed by atoms with Crippen LogP contribution in [0.3, 0.4) is 0 Å². The van der Waals surface area contributed by atoms with E-state index in [1.165, 1.54) is 16.4 Å². The van der Waals surface area contributed by atoms with Crippen LogP contribution in [-0.4, -0.2) is 56.3 Å². The van der Waals surface area contributed by atoms with Crippen molar-refractivity contribution >= 4 is 21.6 Å². The number of hydrogen-bond donors (Lipinski definition) is 1. The number of amides is 1. The minimum absolute atomic E-state index is 0.132. The Kier molecular flexibility index (Phi) is 6.36. The molecule has 2 aromatic rings. The Morgan fingerprint density at radius 3 is 2.28 bits per heavy atom. The van der Waals surface area contributed by atoms with Crippen LogP contribution in [0.5, 0.6) is 0 Å². The van der Waals surface area contributed by atoms with E-state index in [0.717, 1.165) is 16.7 Å². The number of carbonyl (C=O) groups is 1. The molecule has 0 bridgehead atoms. The second-order valence-electron chi connectivity index (χ2n) is 7.43. The van der Waals surface area contributed by atoms with E-state index in [9.17, 15) is 17.6 Å². The molecule has 6 nitrogen and oxygen atoms in total. The average Bonchev–Trinajstić information content (AvgIpc) is 2.67. The lowest BCUT2D eigenvalue weighted by Crippen LogP contribution is -2.50. The number of rotatable bonds is 5. The van der Waals surface area contributed by atoms with Crippen molar-refractivity contribution in [2.75, 3.05) is 38.0 Å². The fourth-order valence-electron chi connectivity index (χ4n) is 3.27. The summed E-state index contributed by atoms with van der Waals surface area (Å²) in [6.07, 6.45) is 0. The number of hydrogen-bond acceptors (Lipinski definition) is 4. The molecule has 1 amide bonds. The molecule has 0 atom stereocenters. The van der Waals surface area contributed by atoms with E-state index in [2.05, 4.69) is 5.32 Å². The van der Waals surface area contributed by atoms with Crippen molar-refractivity contribution in [1.82, 2.24) is 9.21 Å². The molecule has 1 N–H and O–H groups in total. The number of carbonyl (C=O) groups excluding carboxylic acids is 1. The highest BCUT2D eigenvalue weighted by Crippen LogP contribution is 2.21. The van der Waals surface area contributed by atoms with Gasteiger partial charge in [-0.25, -0.2) is 12.8 Å². The summed E-state index contributed by atoms with van der Waals surface area (Å²) in [7, 11) is -3.55. The van der Waals surface area contributed by atoms with Gasteiger partial charge in [-0.05, 0) is 61.7 Å². The lowest BCUT2D eigenvalue weighted by molar-refractivity contribution is -0.117. The van der Waals surface area contributed by atoms with Gasteiger partial charge in [-0.2, -0.15) is 4.31 Å². The first-order valence-corrected chi connectivity index (χ1v) is 11.0. The normalized spacial score (nSPS) is 16.0. The van der Waals surface area contributed by atoms with Crippen molar-refractivity contribution < 1.29 is 17.6 Å². The van der Waals surface area contributed by atoms with Gasteiger partial charge >= 0.3 is 0 Å². The van der Waals surface area contributed by atoms with Crippen LogP contribution in [0.25, 0.3) is 0 Å². The van der Waals surface area contributed by atoms with Crippen molar-refractivity contribution in [3.05, 3.63) is 58.9 Å². The molecule has 1 aliphatic heterocycles. The van der Waals surface area contributed by atoms with E-state index in [0.29, 0.717) is 36.8 Å². The zero-order valence-electron chi connectivity index (χ0n) is 16.9. The molecule has 1 aliphatic rings. The summed E-state index contributed by atoms with van der Waals surface area (Å²) in [5.41, 5.74) is 3.22. The van der Waals surface area contributed by atoms with E-state index < -0.39 is 15.8 Å². The first-order valence-electron chi connectivity index (χ1n) is 9.52. The highest BCUT2D eigenvalue weighted by atomic mass is 32.2. The van der Waals surface area contributed by atoms with Crippen molar-refractivity contribution in [2.24, 2.45) is 0 Å². The van der Waals surface area contributed by atoms with Crippen LogP contribution in [0.15, 0.2) is 41.3 Å². The average molecular weight is 420 g/mol. The molecular weight excluding hydrogens is 393 g/mol. The Morgan fingerprint density at radius 1 is 0.966 bits per heavy atom. The molecule has 0 radical (unpaired) electrons. The van der Waals surface area contributed by atoms with Crippen molar-refractivity contribution in [2.45, 2.75) is 25.7 Å². The quantitative estimate of drug-likeness (QED) is 0.809. The van der Waals surface area contributed by atoms with Gasteiger partial charge in [0.1, 0.15) is 5.82 Å². The van der Waals surface area contributed by atoms with Crippen molar-refractivity contribution in [1.29, 1.82) is 0 Å². The fraction of sp³-hybridized carbons (Fsp3) is 0.381. The Labute approximate surface area is 171 Å². The zero-order valence-corrected chi connectivity index (χ0v) is 17.7. The van der Waals surface area contributed by atoms with Gasteiger partial charge in [-0.1, -0.05) is 12.1 Å². The largest absolute Gasteiger partial charge is 0.325 e. The number of nitrogens with zero attached hydrogens (tertiary/aromatic N) is 2. The summed E-state index contributed by atoms with van der Waals surface area (Å²) < 4.78 is 40.6. The number of aryl methyl sites for hydroxylation is 3. The van der Waals surface area contributed by atoms with Gasteiger partial charge in [0.25, 0.3) is 0 Å². The fourth-order valence-corrected chi connectivity index (χ4v) is 4.78. The predicted molar refractivity (Wildman–Crippen MR) is 111 cm³/mol. The highest BCUT2D eigenvalue weighted by Gasteiger charge is 2.29. The smallest absolute Gasteiger partial charge is 0.243 e. The second-order valence-corrected chi connectivity index (χ2v) is 9.37. The molecule has 1 fully saturated rings. The van der Waals surface area contributed by atoms with E-state index in [1.807, 2.05) is 24.8 Å². The van der Waals surface area contributed by atoms with Crippen LogP contribution in [0, 0.1) is 26.6 Å². The molecule has 0 unspecified atom stereocenters. The molecule has 2 aromatic carbocycles. The molecule has 1 heterocycles. The van der Waals surface area contributed by atoms with Crippen LogP contribution in [-0.2, 0) is 14.8 Å². The number of piperazine rings is 1. The van der Waals surface area contributed by atoms with E-state index in [1.54, 1.807) is 25.1 Å². The maximum absolute atomic E-state index is 13.4. The van der Waals surface area contributed by atoms with Crippen molar-refractivity contribution in [3.63, 3.8) is 0 Å². The molecule has 0 spiro atoms. The van der Waals surface area contributed by atoms with E-state index in [-0.39, 0.29) is 12.5 Å². The van der Waals surface area contributed by atoms with Crippen LogP contribution < -0.4 is 5.32 Å². The molecule has 0 aliphatic carbocycles. The Balaban J connectivity index is 1.58. The molecule has 1 saturated heterocycles. The van der Waals surface area contributed by atoms with Gasteiger partial charge in [0.15, 0.2) is 0 Å². The van der Waals surface area contributed by atoms with Gasteiger partial charge in [0, 0.05) is 31.9 Å². The summed E-state index contributed by atoms with van der Waals surface area (Å²) in [5.74, 6) is -0.653. The molecule has 0 saturated carbocycles. The third-order valence-electron chi connectivity index (χ3n) is 5.29. The van der Waals surface area contributed by atoms with E-state index >= 15 is 0 Å². The standard InChI is InChI=1S/C21H26FN3O3S/c1-15-5-7-19(12-17(15)3)29(27,28)25-10-8-24(9-11-25)14-21(26)23-20-13-18(22)6-4-16(20)2/h4-7,12-13H,8-11,14H2,1-3H3,(H,23,26). The van der Waals surface area contributed by atoms with E-state index in [4.69, 9.17) is 0 Å². The first kappa shape index (κ1) is 21.4. The van der Waals surface area contributed by atoms with Gasteiger partial charge in [0.05, 0.1) is 11.4 Å². The molecule has 3 rings (SSSR count). The lowest BCUT2D eigenvalue weighted by Gasteiger charge is -2.33. The maximum atomic E-state index is 13.4. The number of sulfonamides is 1. The van der Waals surface area contributed by atoms with Gasteiger partial charge in [-0.15, -0.1) is 0 Å². The monoisotopic (exact) mass is 419 g/mol. The second kappa shape index (κ2) is 8.61. The zero-order chi connectivity index (χ0) is 21.2. The Morgan fingerprint density at radius 2 is 1.62 bits per heavy atom.